The highest BCUT2D eigenvalue weighted by Crippen LogP contribution is 2.44. The molecule has 2 aromatic carbocycles. The number of thiazole rings is 1. The van der Waals surface area contributed by atoms with Gasteiger partial charge in [0, 0.05) is 27.2 Å². The summed E-state index contributed by atoms with van der Waals surface area (Å²) >= 11 is 3.21. The predicted molar refractivity (Wildman–Crippen MR) is 108 cm³/mol. The zero-order valence-corrected chi connectivity index (χ0v) is 15.5. The van der Waals surface area contributed by atoms with Gasteiger partial charge in [0.2, 0.25) is 0 Å². The fourth-order valence-electron chi connectivity index (χ4n) is 3.02. The van der Waals surface area contributed by atoms with Crippen molar-refractivity contribution in [3.05, 3.63) is 75.5 Å². The summed E-state index contributed by atoms with van der Waals surface area (Å²) in [5.74, 6) is 0.317. The molecule has 3 heterocycles. The van der Waals surface area contributed by atoms with Crippen molar-refractivity contribution in [1.82, 2.24) is 4.98 Å². The van der Waals surface area contributed by atoms with Gasteiger partial charge in [-0.1, -0.05) is 30.3 Å². The van der Waals surface area contributed by atoms with Crippen LogP contribution in [-0.4, -0.2) is 10.9 Å². The molecule has 0 saturated heterocycles. The second-order valence-corrected chi connectivity index (χ2v) is 8.10. The largest absolute Gasteiger partial charge is 0.451 e. The Bertz CT molecular complexity index is 1260. The topological polar surface area (TPSA) is 72.2 Å². The van der Waals surface area contributed by atoms with Crippen molar-refractivity contribution < 1.29 is 9.21 Å². The van der Waals surface area contributed by atoms with Gasteiger partial charge in [0.25, 0.3) is 5.91 Å². The van der Waals surface area contributed by atoms with Crippen molar-refractivity contribution in [3.63, 3.8) is 0 Å². The molecule has 4 aromatic rings. The van der Waals surface area contributed by atoms with Crippen LogP contribution < -0.4 is 10.7 Å². The van der Waals surface area contributed by atoms with Crippen molar-refractivity contribution in [2.45, 2.75) is 10.6 Å². The first-order valence-corrected chi connectivity index (χ1v) is 10.1. The van der Waals surface area contributed by atoms with Crippen LogP contribution in [0.3, 0.4) is 0 Å². The minimum atomic E-state index is -0.482. The highest BCUT2D eigenvalue weighted by atomic mass is 32.2. The number of benzene rings is 2. The maximum Gasteiger partial charge on any atom is 0.293 e. The number of carbonyl (C=O) groups excluding carboxylic acids is 1. The average Bonchev–Trinajstić information content (AvgIpc) is 3.11. The Morgan fingerprint density at radius 2 is 1.93 bits per heavy atom. The van der Waals surface area contributed by atoms with Gasteiger partial charge in [-0.05, 0) is 18.2 Å². The molecule has 1 amide bonds. The Morgan fingerprint density at radius 3 is 2.85 bits per heavy atom. The lowest BCUT2D eigenvalue weighted by Crippen LogP contribution is -2.14. The molecular weight excluding hydrogens is 380 g/mol. The van der Waals surface area contributed by atoms with Crippen LogP contribution in [0.15, 0.2) is 68.7 Å². The van der Waals surface area contributed by atoms with Crippen molar-refractivity contribution in [2.75, 3.05) is 5.32 Å². The van der Waals surface area contributed by atoms with Gasteiger partial charge in [-0.2, -0.15) is 0 Å². The third-order valence-corrected chi connectivity index (χ3v) is 6.53. The predicted octanol–water partition coefficient (Wildman–Crippen LogP) is 4.77. The average molecular weight is 392 g/mol. The third-order valence-electron chi connectivity index (χ3n) is 4.28. The van der Waals surface area contributed by atoms with Crippen LogP contribution in [0.4, 0.5) is 5.13 Å². The number of carbonyl (C=O) groups is 1. The molecule has 2 aromatic heterocycles. The Labute approximate surface area is 162 Å². The maximum atomic E-state index is 12.6. The molecule has 0 spiro atoms. The summed E-state index contributed by atoms with van der Waals surface area (Å²) in [4.78, 5) is 31.7. The lowest BCUT2D eigenvalue weighted by molar-refractivity contribution is 0.0997. The molecule has 0 unspecified atom stereocenters. The molecule has 0 fully saturated rings. The van der Waals surface area contributed by atoms with Crippen LogP contribution in [0.5, 0.6) is 0 Å². The normalized spacial score (nSPS) is 12.4. The van der Waals surface area contributed by atoms with Gasteiger partial charge in [-0.25, -0.2) is 4.98 Å². The van der Waals surface area contributed by atoms with E-state index >= 15 is 0 Å². The van der Waals surface area contributed by atoms with Crippen molar-refractivity contribution >= 4 is 45.1 Å². The smallest absolute Gasteiger partial charge is 0.293 e. The third kappa shape index (κ3) is 2.85. The molecule has 5 nitrogen and oxygen atoms in total. The standard InChI is InChI=1S/C20H12N2O3S2/c23-13-9-15(25-14-7-3-1-5-11(13)14)19(24)22-20-21-18-12-6-2-4-8-16(12)26-10-17(18)27-20/h1-9H,10H2,(H,21,22,24). The minimum Gasteiger partial charge on any atom is -0.451 e. The second-order valence-electron chi connectivity index (χ2n) is 6.00. The van der Waals surface area contributed by atoms with Crippen LogP contribution in [0.1, 0.15) is 15.4 Å². The lowest BCUT2D eigenvalue weighted by Gasteiger charge is -2.13. The van der Waals surface area contributed by atoms with Crippen LogP contribution in [0.2, 0.25) is 0 Å². The van der Waals surface area contributed by atoms with Crippen molar-refractivity contribution in [3.8, 4) is 11.3 Å². The molecule has 27 heavy (non-hydrogen) atoms. The molecule has 7 heteroatoms. The van der Waals surface area contributed by atoms with Crippen LogP contribution in [0, 0.1) is 0 Å². The minimum absolute atomic E-state index is 0.0263. The fraction of sp³-hybridized carbons (Fsp3) is 0.0500. The van der Waals surface area contributed by atoms with E-state index in [1.165, 1.54) is 22.3 Å². The van der Waals surface area contributed by atoms with E-state index in [0.29, 0.717) is 16.1 Å². The number of nitrogens with zero attached hydrogens (tertiary/aromatic N) is 1. The van der Waals surface area contributed by atoms with Gasteiger partial charge in [-0.15, -0.1) is 23.1 Å². The highest BCUT2D eigenvalue weighted by Gasteiger charge is 2.22. The Balaban J connectivity index is 1.48. The number of para-hydroxylation sites is 1. The zero-order chi connectivity index (χ0) is 18.4. The molecular formula is C20H12N2O3S2. The number of nitrogens with one attached hydrogen (secondary N) is 1. The van der Waals surface area contributed by atoms with E-state index in [1.807, 2.05) is 18.2 Å². The molecule has 132 valence electrons. The molecule has 5 rings (SSSR count). The highest BCUT2D eigenvalue weighted by molar-refractivity contribution is 7.98. The van der Waals surface area contributed by atoms with E-state index in [2.05, 4.69) is 16.4 Å². The number of rotatable bonds is 2. The van der Waals surface area contributed by atoms with Gasteiger partial charge in [0.05, 0.1) is 11.1 Å². The van der Waals surface area contributed by atoms with Gasteiger partial charge < -0.3 is 4.42 Å². The molecule has 0 atom stereocenters. The fourth-order valence-corrected chi connectivity index (χ4v) is 5.12. The van der Waals surface area contributed by atoms with Crippen LogP contribution in [0.25, 0.3) is 22.2 Å². The van der Waals surface area contributed by atoms with Crippen molar-refractivity contribution in [2.24, 2.45) is 0 Å². The number of amides is 1. The second kappa shape index (κ2) is 6.37. The molecule has 1 N–H and O–H groups in total. The monoisotopic (exact) mass is 392 g/mol. The summed E-state index contributed by atoms with van der Waals surface area (Å²) in [5.41, 5.74) is 2.13. The number of aromatic nitrogens is 1. The summed E-state index contributed by atoms with van der Waals surface area (Å²) in [5, 5.41) is 3.71. The summed E-state index contributed by atoms with van der Waals surface area (Å²) in [6, 6.07) is 16.2. The zero-order valence-electron chi connectivity index (χ0n) is 13.9. The molecule has 1 aliphatic heterocycles. The number of anilines is 1. The quantitative estimate of drug-likeness (QED) is 0.532. The van der Waals surface area contributed by atoms with E-state index in [4.69, 9.17) is 4.42 Å². The first kappa shape index (κ1) is 16.3. The van der Waals surface area contributed by atoms with E-state index in [1.54, 1.807) is 36.0 Å². The Morgan fingerprint density at radius 1 is 1.11 bits per heavy atom. The SMILES string of the molecule is O=C(Nc1nc2c(s1)CSc1ccccc1-2)c1cc(=O)c2ccccc2o1. The van der Waals surface area contributed by atoms with Gasteiger partial charge in [0.15, 0.2) is 16.3 Å². The number of fused-ring (bicyclic) bond motifs is 4. The molecule has 0 saturated carbocycles. The van der Waals surface area contributed by atoms with E-state index in [9.17, 15) is 9.59 Å². The molecule has 0 bridgehead atoms. The maximum absolute atomic E-state index is 12.6. The molecule has 1 aliphatic rings. The summed E-state index contributed by atoms with van der Waals surface area (Å²) < 4.78 is 5.60. The number of thioether (sulfide) groups is 1. The van der Waals surface area contributed by atoms with E-state index in [-0.39, 0.29) is 11.2 Å². The van der Waals surface area contributed by atoms with Gasteiger partial charge >= 0.3 is 0 Å². The summed E-state index contributed by atoms with van der Waals surface area (Å²) in [7, 11) is 0. The lowest BCUT2D eigenvalue weighted by atomic mass is 10.1. The Kier molecular flexibility index (Phi) is 3.84. The van der Waals surface area contributed by atoms with Crippen molar-refractivity contribution in [1.29, 1.82) is 0 Å². The summed E-state index contributed by atoms with van der Waals surface area (Å²) in [6.07, 6.45) is 0. The van der Waals surface area contributed by atoms with Gasteiger partial charge in [0.1, 0.15) is 5.58 Å². The van der Waals surface area contributed by atoms with Crippen LogP contribution in [-0.2, 0) is 5.75 Å². The first-order valence-electron chi connectivity index (χ1n) is 8.25. The Hall–Kier alpha value is -2.90. The number of hydrogen-bond acceptors (Lipinski definition) is 6. The molecule has 0 aliphatic carbocycles. The first-order chi connectivity index (χ1) is 13.2. The number of hydrogen-bond donors (Lipinski definition) is 1. The van der Waals surface area contributed by atoms with Crippen LogP contribution >= 0.6 is 23.1 Å². The van der Waals surface area contributed by atoms with Gasteiger partial charge in [-0.3, -0.25) is 14.9 Å². The molecule has 0 radical (unpaired) electrons. The van der Waals surface area contributed by atoms with E-state index in [0.717, 1.165) is 21.9 Å². The summed E-state index contributed by atoms with van der Waals surface area (Å²) in [6.45, 7) is 0. The van der Waals surface area contributed by atoms with E-state index < -0.39 is 5.91 Å².